The number of hydrogen-bond acceptors (Lipinski definition) is 4. The van der Waals surface area contributed by atoms with Crippen LogP contribution in [0.2, 0.25) is 0 Å². The van der Waals surface area contributed by atoms with Gasteiger partial charge >= 0.3 is 0 Å². The Morgan fingerprint density at radius 1 is 1.33 bits per heavy atom. The van der Waals surface area contributed by atoms with Crippen LogP contribution >= 0.6 is 0 Å². The maximum absolute atomic E-state index is 12.1. The summed E-state index contributed by atoms with van der Waals surface area (Å²) in [6, 6.07) is 4.59. The summed E-state index contributed by atoms with van der Waals surface area (Å²) in [5, 5.41) is 0.605. The minimum absolute atomic E-state index is 0.124. The normalized spacial score (nSPS) is 12.6. The molecule has 5 heteroatoms. The van der Waals surface area contributed by atoms with E-state index in [4.69, 9.17) is 15.9 Å². The lowest BCUT2D eigenvalue weighted by atomic mass is 9.99. The number of primary amides is 1. The zero-order valence-electron chi connectivity index (χ0n) is 10.2. The molecule has 1 unspecified atom stereocenters. The van der Waals surface area contributed by atoms with E-state index >= 15 is 0 Å². The van der Waals surface area contributed by atoms with Crippen LogP contribution in [0, 0.1) is 6.92 Å². The van der Waals surface area contributed by atoms with Crippen molar-refractivity contribution in [3.05, 3.63) is 35.1 Å². The summed E-state index contributed by atoms with van der Waals surface area (Å²) in [4.78, 5) is 23.5. The van der Waals surface area contributed by atoms with Gasteiger partial charge in [0.2, 0.25) is 5.76 Å². The first-order valence-electron chi connectivity index (χ1n) is 5.55. The predicted octanol–water partition coefficient (Wildman–Crippen LogP) is 1.37. The summed E-state index contributed by atoms with van der Waals surface area (Å²) in [6.45, 7) is 3.39. The maximum atomic E-state index is 12.1. The van der Waals surface area contributed by atoms with Crippen LogP contribution in [0.4, 0.5) is 0 Å². The first kappa shape index (κ1) is 12.3. The number of amides is 1. The molecule has 0 aliphatic rings. The molecule has 0 saturated carbocycles. The van der Waals surface area contributed by atoms with E-state index in [9.17, 15) is 9.59 Å². The van der Waals surface area contributed by atoms with E-state index in [1.54, 1.807) is 19.1 Å². The molecule has 2 aromatic rings. The molecule has 2 rings (SSSR count). The fourth-order valence-electron chi connectivity index (χ4n) is 1.96. The third-order valence-electron chi connectivity index (χ3n) is 2.81. The van der Waals surface area contributed by atoms with E-state index in [0.717, 1.165) is 5.56 Å². The van der Waals surface area contributed by atoms with Crippen LogP contribution in [0.5, 0.6) is 0 Å². The van der Waals surface area contributed by atoms with Gasteiger partial charge in [0.1, 0.15) is 5.58 Å². The van der Waals surface area contributed by atoms with Crippen molar-refractivity contribution in [1.29, 1.82) is 0 Å². The number of furan rings is 1. The Labute approximate surface area is 104 Å². The van der Waals surface area contributed by atoms with Crippen LogP contribution in [-0.4, -0.2) is 17.7 Å². The molecule has 4 N–H and O–H groups in total. The molecule has 5 nitrogen and oxygen atoms in total. The summed E-state index contributed by atoms with van der Waals surface area (Å²) in [7, 11) is 0. The second kappa shape index (κ2) is 4.27. The third-order valence-corrected chi connectivity index (χ3v) is 2.81. The van der Waals surface area contributed by atoms with Gasteiger partial charge in [0, 0.05) is 5.39 Å². The van der Waals surface area contributed by atoms with Crippen molar-refractivity contribution in [3.63, 3.8) is 0 Å². The van der Waals surface area contributed by atoms with Crippen LogP contribution < -0.4 is 11.5 Å². The van der Waals surface area contributed by atoms with Gasteiger partial charge in [-0.2, -0.15) is 0 Å². The standard InChI is InChI=1S/C13H14N2O3/c1-6-4-3-5-8-9(6)10(11(16)7(2)14)12(18-8)13(15)17/h3-5,7H,14H2,1-2H3,(H2,15,17). The maximum Gasteiger partial charge on any atom is 0.285 e. The van der Waals surface area contributed by atoms with Gasteiger partial charge in [-0.3, -0.25) is 9.59 Å². The van der Waals surface area contributed by atoms with Crippen molar-refractivity contribution in [1.82, 2.24) is 0 Å². The van der Waals surface area contributed by atoms with Crippen LogP contribution in [-0.2, 0) is 0 Å². The van der Waals surface area contributed by atoms with E-state index in [2.05, 4.69) is 0 Å². The lowest BCUT2D eigenvalue weighted by Crippen LogP contribution is -2.28. The van der Waals surface area contributed by atoms with E-state index in [1.165, 1.54) is 0 Å². The molecular formula is C13H14N2O3. The second-order valence-corrected chi connectivity index (χ2v) is 4.27. The highest BCUT2D eigenvalue weighted by atomic mass is 16.3. The van der Waals surface area contributed by atoms with E-state index in [0.29, 0.717) is 11.0 Å². The largest absolute Gasteiger partial charge is 0.450 e. The average molecular weight is 246 g/mol. The monoisotopic (exact) mass is 246 g/mol. The number of rotatable bonds is 3. The zero-order valence-corrected chi connectivity index (χ0v) is 10.2. The molecule has 0 aliphatic heterocycles. The quantitative estimate of drug-likeness (QED) is 0.799. The Bertz CT molecular complexity index is 641. The molecule has 0 spiro atoms. The molecular weight excluding hydrogens is 232 g/mol. The molecule has 94 valence electrons. The molecule has 1 atom stereocenters. The summed E-state index contributed by atoms with van der Waals surface area (Å²) in [5.74, 6) is -1.24. The molecule has 18 heavy (non-hydrogen) atoms. The number of hydrogen-bond donors (Lipinski definition) is 2. The Hall–Kier alpha value is -2.14. The van der Waals surface area contributed by atoms with Crippen molar-refractivity contribution in [2.75, 3.05) is 0 Å². The van der Waals surface area contributed by atoms with Crippen molar-refractivity contribution >= 4 is 22.7 Å². The van der Waals surface area contributed by atoms with Crippen molar-refractivity contribution in [2.24, 2.45) is 11.5 Å². The molecule has 0 radical (unpaired) electrons. The van der Waals surface area contributed by atoms with Crippen molar-refractivity contribution in [3.8, 4) is 0 Å². The van der Waals surface area contributed by atoms with Crippen LogP contribution in [0.3, 0.4) is 0 Å². The number of nitrogens with two attached hydrogens (primary N) is 2. The van der Waals surface area contributed by atoms with Crippen LogP contribution in [0.15, 0.2) is 22.6 Å². The van der Waals surface area contributed by atoms with Gasteiger partial charge in [0.05, 0.1) is 11.6 Å². The summed E-state index contributed by atoms with van der Waals surface area (Å²) in [6.07, 6.45) is 0. The number of Topliss-reactive ketones (excluding diaryl/α,β-unsaturated/α-hetero) is 1. The fourth-order valence-corrected chi connectivity index (χ4v) is 1.96. The van der Waals surface area contributed by atoms with Crippen molar-refractivity contribution in [2.45, 2.75) is 19.9 Å². The number of ketones is 1. The fraction of sp³-hybridized carbons (Fsp3) is 0.231. The number of benzene rings is 1. The first-order chi connectivity index (χ1) is 8.43. The average Bonchev–Trinajstić information content (AvgIpc) is 2.68. The molecule has 0 aliphatic carbocycles. The second-order valence-electron chi connectivity index (χ2n) is 4.27. The molecule has 0 fully saturated rings. The van der Waals surface area contributed by atoms with Crippen molar-refractivity contribution < 1.29 is 14.0 Å². The van der Waals surface area contributed by atoms with Gasteiger partial charge in [0.15, 0.2) is 5.78 Å². The smallest absolute Gasteiger partial charge is 0.285 e. The molecule has 0 bridgehead atoms. The number of fused-ring (bicyclic) bond motifs is 1. The lowest BCUT2D eigenvalue weighted by Gasteiger charge is -2.04. The Morgan fingerprint density at radius 2 is 2.00 bits per heavy atom. The SMILES string of the molecule is Cc1cccc2oc(C(N)=O)c(C(=O)C(C)N)c12. The van der Waals surface area contributed by atoms with Gasteiger partial charge < -0.3 is 15.9 Å². The van der Waals surface area contributed by atoms with Gasteiger partial charge in [-0.05, 0) is 25.5 Å². The van der Waals surface area contributed by atoms with E-state index < -0.39 is 11.9 Å². The Morgan fingerprint density at radius 3 is 2.56 bits per heavy atom. The molecule has 1 aromatic carbocycles. The predicted molar refractivity (Wildman–Crippen MR) is 67.4 cm³/mol. The molecule has 1 aromatic heterocycles. The minimum atomic E-state index is -0.769. The summed E-state index contributed by atoms with van der Waals surface area (Å²) >= 11 is 0. The molecule has 1 heterocycles. The van der Waals surface area contributed by atoms with E-state index in [1.807, 2.05) is 13.0 Å². The minimum Gasteiger partial charge on any atom is -0.450 e. The summed E-state index contributed by atoms with van der Waals surface area (Å²) in [5.41, 5.74) is 12.3. The Balaban J connectivity index is 2.85. The van der Waals surface area contributed by atoms with Gasteiger partial charge in [0.25, 0.3) is 5.91 Å². The van der Waals surface area contributed by atoms with Crippen LogP contribution in [0.1, 0.15) is 33.4 Å². The lowest BCUT2D eigenvalue weighted by molar-refractivity contribution is 0.0935. The van der Waals surface area contributed by atoms with Gasteiger partial charge in [-0.15, -0.1) is 0 Å². The topological polar surface area (TPSA) is 99.3 Å². The molecule has 1 amide bonds. The first-order valence-corrected chi connectivity index (χ1v) is 5.55. The van der Waals surface area contributed by atoms with Gasteiger partial charge in [-0.25, -0.2) is 0 Å². The number of aryl methyl sites for hydroxylation is 1. The Kier molecular flexibility index (Phi) is 2.92. The highest BCUT2D eigenvalue weighted by molar-refractivity contribution is 6.17. The van der Waals surface area contributed by atoms with Crippen LogP contribution in [0.25, 0.3) is 11.0 Å². The zero-order chi connectivity index (χ0) is 13.4. The summed E-state index contributed by atoms with van der Waals surface area (Å²) < 4.78 is 5.36. The highest BCUT2D eigenvalue weighted by Crippen LogP contribution is 2.29. The highest BCUT2D eigenvalue weighted by Gasteiger charge is 2.26. The third kappa shape index (κ3) is 1.78. The number of carbonyl (C=O) groups excluding carboxylic acids is 2. The van der Waals surface area contributed by atoms with Gasteiger partial charge in [-0.1, -0.05) is 12.1 Å². The van der Waals surface area contributed by atoms with E-state index in [-0.39, 0.29) is 17.1 Å². The molecule has 0 saturated heterocycles. The number of carbonyl (C=O) groups is 2.